The van der Waals surface area contributed by atoms with E-state index in [1.165, 1.54) is 15.9 Å². The van der Waals surface area contributed by atoms with Crippen LogP contribution in [0.5, 0.6) is 0 Å². The average Bonchev–Trinajstić information content (AvgIpc) is 2.77. The largest absolute Gasteiger partial charge is 0.364 e. The van der Waals surface area contributed by atoms with Gasteiger partial charge in [0, 0.05) is 6.04 Å². The normalized spacial score (nSPS) is 10.7. The SMILES string of the molecule is C=CC[Si](CC#CCOCc1ccccc1)(c1ccccc1)c1ccccc1. The second kappa shape index (κ2) is 10.5. The van der Waals surface area contributed by atoms with Gasteiger partial charge in [-0.1, -0.05) is 113 Å². The Bertz CT molecular complexity index is 869. The van der Waals surface area contributed by atoms with Crippen molar-refractivity contribution in [1.82, 2.24) is 0 Å². The van der Waals surface area contributed by atoms with Gasteiger partial charge in [-0.15, -0.1) is 12.5 Å². The molecule has 0 amide bonds. The first kappa shape index (κ1) is 19.9. The molecule has 0 aromatic heterocycles. The molecule has 140 valence electrons. The van der Waals surface area contributed by atoms with Gasteiger partial charge < -0.3 is 4.74 Å². The fourth-order valence-corrected chi connectivity index (χ4v) is 7.44. The molecule has 0 N–H and O–H groups in total. The summed E-state index contributed by atoms with van der Waals surface area (Å²) in [7, 11) is -2.02. The van der Waals surface area contributed by atoms with E-state index in [2.05, 4.69) is 97.3 Å². The predicted octanol–water partition coefficient (Wildman–Crippen LogP) is 4.66. The van der Waals surface area contributed by atoms with Crippen LogP contribution in [0.2, 0.25) is 12.1 Å². The molecule has 0 bridgehead atoms. The summed E-state index contributed by atoms with van der Waals surface area (Å²) in [5, 5.41) is 2.81. The number of allylic oxidation sites excluding steroid dienone is 1. The number of hydrogen-bond donors (Lipinski definition) is 0. The van der Waals surface area contributed by atoms with E-state index in [0.717, 1.165) is 12.1 Å². The fourth-order valence-electron chi connectivity index (χ4n) is 3.50. The Labute approximate surface area is 169 Å². The Morgan fingerprint density at radius 3 is 1.82 bits per heavy atom. The quantitative estimate of drug-likeness (QED) is 0.238. The summed E-state index contributed by atoms with van der Waals surface area (Å²) in [6.45, 7) is 5.10. The van der Waals surface area contributed by atoms with E-state index >= 15 is 0 Å². The van der Waals surface area contributed by atoms with Gasteiger partial charge in [0.05, 0.1) is 6.61 Å². The van der Waals surface area contributed by atoms with Gasteiger partial charge in [-0.2, -0.15) is 0 Å². The van der Waals surface area contributed by atoms with Gasteiger partial charge >= 0.3 is 0 Å². The third kappa shape index (κ3) is 5.10. The van der Waals surface area contributed by atoms with Gasteiger partial charge in [-0.3, -0.25) is 0 Å². The van der Waals surface area contributed by atoms with Gasteiger partial charge in [-0.05, 0) is 11.6 Å². The molecule has 0 saturated carbocycles. The van der Waals surface area contributed by atoms with Crippen LogP contribution in [0.25, 0.3) is 0 Å². The lowest BCUT2D eigenvalue weighted by molar-refractivity contribution is 0.153. The van der Waals surface area contributed by atoms with Crippen molar-refractivity contribution in [2.24, 2.45) is 0 Å². The molecule has 0 atom stereocenters. The molecule has 3 aromatic carbocycles. The highest BCUT2D eigenvalue weighted by Crippen LogP contribution is 2.17. The second-order valence-electron chi connectivity index (χ2n) is 6.82. The minimum atomic E-state index is -2.02. The van der Waals surface area contributed by atoms with Gasteiger partial charge in [-0.25, -0.2) is 0 Å². The van der Waals surface area contributed by atoms with Gasteiger partial charge in [0.1, 0.15) is 14.7 Å². The van der Waals surface area contributed by atoms with E-state index in [4.69, 9.17) is 4.74 Å². The highest BCUT2D eigenvalue weighted by molar-refractivity contribution is 7.03. The molecule has 0 spiro atoms. The minimum absolute atomic E-state index is 0.455. The van der Waals surface area contributed by atoms with Crippen LogP contribution in [0.15, 0.2) is 104 Å². The molecular formula is C26H26OSi. The average molecular weight is 383 g/mol. The van der Waals surface area contributed by atoms with Crippen molar-refractivity contribution >= 4 is 18.4 Å². The first-order valence-electron chi connectivity index (χ1n) is 9.64. The van der Waals surface area contributed by atoms with Crippen molar-refractivity contribution in [3.05, 3.63) is 109 Å². The van der Waals surface area contributed by atoms with E-state index in [-0.39, 0.29) is 0 Å². The summed E-state index contributed by atoms with van der Waals surface area (Å²) in [6, 6.07) is 33.7. The van der Waals surface area contributed by atoms with Gasteiger partial charge in [0.15, 0.2) is 0 Å². The van der Waals surface area contributed by atoms with Crippen LogP contribution in [0, 0.1) is 11.8 Å². The molecule has 0 fully saturated rings. The lowest BCUT2D eigenvalue weighted by Gasteiger charge is -2.30. The first-order valence-corrected chi connectivity index (χ1v) is 12.1. The van der Waals surface area contributed by atoms with Gasteiger partial charge in [0.2, 0.25) is 0 Å². The fraction of sp³-hybridized carbons (Fsp3) is 0.154. The summed E-state index contributed by atoms with van der Waals surface area (Å²) in [5.41, 5.74) is 1.17. The Hall–Kier alpha value is -2.86. The molecule has 28 heavy (non-hydrogen) atoms. The maximum atomic E-state index is 5.73. The molecule has 0 unspecified atom stereocenters. The van der Waals surface area contributed by atoms with Crippen molar-refractivity contribution in [1.29, 1.82) is 0 Å². The van der Waals surface area contributed by atoms with Crippen molar-refractivity contribution in [3.8, 4) is 11.8 Å². The maximum Gasteiger partial charge on any atom is 0.133 e. The smallest absolute Gasteiger partial charge is 0.133 e. The van der Waals surface area contributed by atoms with E-state index in [0.29, 0.717) is 13.2 Å². The highest BCUT2D eigenvalue weighted by Gasteiger charge is 2.35. The zero-order valence-electron chi connectivity index (χ0n) is 16.2. The first-order chi connectivity index (χ1) is 13.8. The number of hydrogen-bond acceptors (Lipinski definition) is 1. The van der Waals surface area contributed by atoms with Gasteiger partial charge in [0.25, 0.3) is 0 Å². The van der Waals surface area contributed by atoms with Crippen molar-refractivity contribution in [2.45, 2.75) is 18.7 Å². The topological polar surface area (TPSA) is 9.23 Å². The number of rotatable bonds is 8. The Morgan fingerprint density at radius 1 is 0.750 bits per heavy atom. The van der Waals surface area contributed by atoms with Crippen LogP contribution < -0.4 is 10.4 Å². The third-order valence-corrected chi connectivity index (χ3v) is 9.59. The van der Waals surface area contributed by atoms with Crippen molar-refractivity contribution in [2.75, 3.05) is 6.61 Å². The molecule has 0 aliphatic carbocycles. The summed E-state index contributed by atoms with van der Waals surface area (Å²) in [5.74, 6) is 6.67. The standard InChI is InChI=1S/C26H26OSi/c1-2-21-28(25-16-8-4-9-17-25,26-18-10-5-11-19-26)22-13-12-20-27-23-24-14-6-3-7-15-24/h2-11,14-19H,1,20-23H2. The third-order valence-electron chi connectivity index (χ3n) is 4.95. The molecular weight excluding hydrogens is 356 g/mol. The number of benzene rings is 3. The van der Waals surface area contributed by atoms with Crippen LogP contribution >= 0.6 is 0 Å². The lowest BCUT2D eigenvalue weighted by atomic mass is 10.2. The van der Waals surface area contributed by atoms with E-state index in [9.17, 15) is 0 Å². The molecule has 3 aromatic rings. The minimum Gasteiger partial charge on any atom is -0.364 e. The Balaban J connectivity index is 1.76. The van der Waals surface area contributed by atoms with E-state index in [1.54, 1.807) is 0 Å². The van der Waals surface area contributed by atoms with Crippen molar-refractivity contribution in [3.63, 3.8) is 0 Å². The molecule has 0 saturated heterocycles. The Morgan fingerprint density at radius 2 is 1.29 bits per heavy atom. The van der Waals surface area contributed by atoms with E-state index in [1.807, 2.05) is 18.2 Å². The zero-order chi connectivity index (χ0) is 19.5. The number of ether oxygens (including phenoxy) is 1. The molecule has 0 heterocycles. The zero-order valence-corrected chi connectivity index (χ0v) is 17.2. The molecule has 2 heteroatoms. The summed E-state index contributed by atoms with van der Waals surface area (Å²) >= 11 is 0. The summed E-state index contributed by atoms with van der Waals surface area (Å²) < 4.78 is 5.73. The van der Waals surface area contributed by atoms with Crippen molar-refractivity contribution < 1.29 is 4.74 Å². The summed E-state index contributed by atoms with van der Waals surface area (Å²) in [6.07, 6.45) is 2.06. The van der Waals surface area contributed by atoms with E-state index < -0.39 is 8.07 Å². The van der Waals surface area contributed by atoms with Crippen LogP contribution in [0.1, 0.15) is 5.56 Å². The molecule has 0 aliphatic rings. The van der Waals surface area contributed by atoms with Crippen LogP contribution in [-0.4, -0.2) is 14.7 Å². The van der Waals surface area contributed by atoms with Crippen LogP contribution in [0.3, 0.4) is 0 Å². The molecule has 3 rings (SSSR count). The van der Waals surface area contributed by atoms with Crippen LogP contribution in [0.4, 0.5) is 0 Å². The summed E-state index contributed by atoms with van der Waals surface area (Å²) in [4.78, 5) is 0. The monoisotopic (exact) mass is 382 g/mol. The maximum absolute atomic E-state index is 5.73. The molecule has 1 nitrogen and oxygen atoms in total. The Kier molecular flexibility index (Phi) is 7.43. The van der Waals surface area contributed by atoms with Crippen LogP contribution in [-0.2, 0) is 11.3 Å². The molecule has 0 aliphatic heterocycles. The lowest BCUT2D eigenvalue weighted by Crippen LogP contribution is -2.57. The predicted molar refractivity (Wildman–Crippen MR) is 122 cm³/mol. The molecule has 0 radical (unpaired) electrons. The highest BCUT2D eigenvalue weighted by atomic mass is 28.3. The second-order valence-corrected chi connectivity index (χ2v) is 10.9.